The number of pyridine rings is 1. The van der Waals surface area contributed by atoms with Crippen molar-refractivity contribution in [2.24, 2.45) is 0 Å². The molecule has 1 fully saturated rings. The Labute approximate surface area is 204 Å². The highest BCUT2D eigenvalue weighted by Gasteiger charge is 2.40. The van der Waals surface area contributed by atoms with Crippen molar-refractivity contribution in [3.63, 3.8) is 0 Å². The topological polar surface area (TPSA) is 160 Å². The molecule has 2 N–H and O–H groups in total. The normalized spacial score (nSPS) is 16.1. The maximum absolute atomic E-state index is 13.0. The zero-order chi connectivity index (χ0) is 25.4. The molecule has 4 heterocycles. The zero-order valence-corrected chi connectivity index (χ0v) is 19.1. The Balaban J connectivity index is 1.48. The minimum absolute atomic E-state index is 0.105. The van der Waals surface area contributed by atoms with Crippen LogP contribution in [0.15, 0.2) is 42.6 Å². The number of benzene rings is 1. The molecule has 13 heteroatoms. The number of anilines is 1. The van der Waals surface area contributed by atoms with Crippen LogP contribution in [0.1, 0.15) is 49.9 Å². The standard InChI is InChI=1S/C23H21N7O6/c1-13(29-20(32)15-4-2-3-5-16(15)21(29)33)18-25-22(26-23(34)35)27-30(18)17-7-6-14(12-24-17)19(31)28-8-10-36-11-9-28/h2-7,12-13H,8-11H2,1H3,(H,26,27)(H,34,35). The van der Waals surface area contributed by atoms with E-state index in [1.54, 1.807) is 42.2 Å². The van der Waals surface area contributed by atoms with Gasteiger partial charge in [-0.15, -0.1) is 5.10 Å². The number of ether oxygens (including phenoxy) is 1. The molecule has 2 aromatic heterocycles. The summed E-state index contributed by atoms with van der Waals surface area (Å²) < 4.78 is 6.52. The molecule has 36 heavy (non-hydrogen) atoms. The maximum Gasteiger partial charge on any atom is 0.411 e. The summed E-state index contributed by atoms with van der Waals surface area (Å²) in [6, 6.07) is 8.66. The second-order valence-corrected chi connectivity index (χ2v) is 8.15. The zero-order valence-electron chi connectivity index (χ0n) is 19.1. The van der Waals surface area contributed by atoms with Gasteiger partial charge < -0.3 is 14.7 Å². The minimum atomic E-state index is -1.38. The van der Waals surface area contributed by atoms with E-state index in [9.17, 15) is 19.2 Å². The van der Waals surface area contributed by atoms with Crippen molar-refractivity contribution in [2.75, 3.05) is 31.6 Å². The molecule has 0 aliphatic carbocycles. The number of nitrogens with zero attached hydrogens (tertiary/aromatic N) is 6. The number of hydrogen-bond acceptors (Lipinski definition) is 8. The van der Waals surface area contributed by atoms with Gasteiger partial charge >= 0.3 is 6.09 Å². The molecule has 0 bridgehead atoms. The van der Waals surface area contributed by atoms with E-state index in [1.165, 1.54) is 16.9 Å². The third-order valence-corrected chi connectivity index (χ3v) is 5.95. The number of morpholine rings is 1. The molecule has 184 valence electrons. The average Bonchev–Trinajstić information content (AvgIpc) is 3.42. The SMILES string of the molecule is CC(c1nc(NC(=O)O)nn1-c1ccc(C(=O)N2CCOCC2)cn1)N1C(=O)c2ccccc2C1=O. The first kappa shape index (κ1) is 23.1. The van der Waals surface area contributed by atoms with Crippen molar-refractivity contribution in [1.82, 2.24) is 29.5 Å². The van der Waals surface area contributed by atoms with Gasteiger partial charge in [-0.25, -0.2) is 9.78 Å². The fourth-order valence-electron chi connectivity index (χ4n) is 4.17. The molecular weight excluding hydrogens is 470 g/mol. The summed E-state index contributed by atoms with van der Waals surface area (Å²) in [7, 11) is 0. The molecular formula is C23H21N7O6. The number of rotatable bonds is 5. The summed E-state index contributed by atoms with van der Waals surface area (Å²) in [6.07, 6.45) is 0.00162. The molecule has 1 saturated heterocycles. The number of hydrogen-bond donors (Lipinski definition) is 2. The van der Waals surface area contributed by atoms with Gasteiger partial charge in [0.15, 0.2) is 11.6 Å². The van der Waals surface area contributed by atoms with E-state index in [0.29, 0.717) is 31.9 Å². The van der Waals surface area contributed by atoms with Crippen LogP contribution in [0.2, 0.25) is 0 Å². The van der Waals surface area contributed by atoms with Gasteiger partial charge in [0.25, 0.3) is 23.7 Å². The van der Waals surface area contributed by atoms with Gasteiger partial charge in [-0.3, -0.25) is 24.6 Å². The van der Waals surface area contributed by atoms with Crippen LogP contribution in [-0.4, -0.2) is 84.8 Å². The Kier molecular flexibility index (Phi) is 5.90. The van der Waals surface area contributed by atoms with Crippen molar-refractivity contribution in [1.29, 1.82) is 0 Å². The van der Waals surface area contributed by atoms with E-state index in [1.807, 2.05) is 0 Å². The Morgan fingerprint density at radius 2 is 1.72 bits per heavy atom. The highest BCUT2D eigenvalue weighted by molar-refractivity contribution is 6.21. The Bertz CT molecular complexity index is 1330. The fourth-order valence-corrected chi connectivity index (χ4v) is 4.17. The van der Waals surface area contributed by atoms with Gasteiger partial charge in [-0.05, 0) is 31.2 Å². The lowest BCUT2D eigenvalue weighted by atomic mass is 10.1. The molecule has 0 spiro atoms. The highest BCUT2D eigenvalue weighted by atomic mass is 16.5. The Morgan fingerprint density at radius 3 is 2.31 bits per heavy atom. The van der Waals surface area contributed by atoms with Gasteiger partial charge in [0.2, 0.25) is 0 Å². The summed E-state index contributed by atoms with van der Waals surface area (Å²) in [5.74, 6) is -1.11. The fraction of sp³-hybridized carbons (Fsp3) is 0.261. The summed E-state index contributed by atoms with van der Waals surface area (Å²) in [4.78, 5) is 61.2. The molecule has 3 aromatic rings. The van der Waals surface area contributed by atoms with Crippen molar-refractivity contribution < 1.29 is 29.0 Å². The van der Waals surface area contributed by atoms with Gasteiger partial charge in [-0.2, -0.15) is 9.67 Å². The predicted molar refractivity (Wildman–Crippen MR) is 123 cm³/mol. The monoisotopic (exact) mass is 491 g/mol. The number of aromatic nitrogens is 4. The van der Waals surface area contributed by atoms with Gasteiger partial charge in [0.05, 0.1) is 35.9 Å². The lowest BCUT2D eigenvalue weighted by Crippen LogP contribution is -2.40. The van der Waals surface area contributed by atoms with Crippen molar-refractivity contribution in [3.05, 3.63) is 65.1 Å². The molecule has 4 amide bonds. The summed E-state index contributed by atoms with van der Waals surface area (Å²) >= 11 is 0. The van der Waals surface area contributed by atoms with E-state index < -0.39 is 23.9 Å². The molecule has 0 saturated carbocycles. The van der Waals surface area contributed by atoms with Crippen LogP contribution in [0.5, 0.6) is 0 Å². The van der Waals surface area contributed by atoms with Gasteiger partial charge in [-0.1, -0.05) is 12.1 Å². The summed E-state index contributed by atoms with van der Waals surface area (Å²) in [6.45, 7) is 3.48. The van der Waals surface area contributed by atoms with E-state index in [2.05, 4.69) is 20.4 Å². The summed E-state index contributed by atoms with van der Waals surface area (Å²) in [5, 5.41) is 15.4. The lowest BCUT2D eigenvalue weighted by molar-refractivity contribution is 0.0302. The first-order valence-corrected chi connectivity index (χ1v) is 11.1. The van der Waals surface area contributed by atoms with Crippen molar-refractivity contribution >= 4 is 29.8 Å². The molecule has 13 nitrogen and oxygen atoms in total. The number of imide groups is 1. The molecule has 5 rings (SSSR count). The van der Waals surface area contributed by atoms with Crippen molar-refractivity contribution in [3.8, 4) is 5.82 Å². The van der Waals surface area contributed by atoms with Crippen LogP contribution in [-0.2, 0) is 4.74 Å². The predicted octanol–water partition coefficient (Wildman–Crippen LogP) is 1.58. The molecule has 2 aliphatic rings. The molecule has 1 aromatic carbocycles. The van der Waals surface area contributed by atoms with Crippen molar-refractivity contribution in [2.45, 2.75) is 13.0 Å². The number of carboxylic acid groups (broad SMARTS) is 1. The van der Waals surface area contributed by atoms with Crippen LogP contribution >= 0.6 is 0 Å². The highest BCUT2D eigenvalue weighted by Crippen LogP contribution is 2.31. The third kappa shape index (κ3) is 4.05. The molecule has 0 radical (unpaired) electrons. The van der Waals surface area contributed by atoms with E-state index in [4.69, 9.17) is 9.84 Å². The maximum atomic E-state index is 13.0. The second-order valence-electron chi connectivity index (χ2n) is 8.15. The number of amides is 4. The third-order valence-electron chi connectivity index (χ3n) is 5.95. The largest absolute Gasteiger partial charge is 0.465 e. The number of carbonyl (C=O) groups is 4. The van der Waals surface area contributed by atoms with Crippen LogP contribution in [0.3, 0.4) is 0 Å². The number of carbonyl (C=O) groups excluding carboxylic acids is 3. The van der Waals surface area contributed by atoms with Crippen LogP contribution in [0.4, 0.5) is 10.7 Å². The van der Waals surface area contributed by atoms with E-state index in [0.717, 1.165) is 4.90 Å². The minimum Gasteiger partial charge on any atom is -0.465 e. The quantitative estimate of drug-likeness (QED) is 0.505. The molecule has 1 unspecified atom stereocenters. The summed E-state index contributed by atoms with van der Waals surface area (Å²) in [5.41, 5.74) is 0.904. The first-order valence-electron chi connectivity index (χ1n) is 11.1. The van der Waals surface area contributed by atoms with E-state index >= 15 is 0 Å². The Hall–Kier alpha value is -4.65. The smallest absolute Gasteiger partial charge is 0.411 e. The van der Waals surface area contributed by atoms with Gasteiger partial charge in [0, 0.05) is 19.3 Å². The first-order chi connectivity index (χ1) is 17.3. The Morgan fingerprint density at radius 1 is 1.06 bits per heavy atom. The molecule has 2 aliphatic heterocycles. The average molecular weight is 491 g/mol. The second kappa shape index (κ2) is 9.19. The lowest BCUT2D eigenvalue weighted by Gasteiger charge is -2.26. The van der Waals surface area contributed by atoms with E-state index in [-0.39, 0.29) is 34.6 Å². The van der Waals surface area contributed by atoms with Crippen LogP contribution in [0.25, 0.3) is 5.82 Å². The number of fused-ring (bicyclic) bond motifs is 1. The van der Waals surface area contributed by atoms with Crippen LogP contribution < -0.4 is 5.32 Å². The van der Waals surface area contributed by atoms with Crippen LogP contribution in [0, 0.1) is 0 Å². The number of nitrogens with one attached hydrogen (secondary N) is 1. The van der Waals surface area contributed by atoms with Gasteiger partial charge in [0.1, 0.15) is 0 Å². The molecule has 1 atom stereocenters.